The molecular weight excluding hydrogens is 302 g/mol. The first kappa shape index (κ1) is 16.1. The lowest BCUT2D eigenvalue weighted by Crippen LogP contribution is -2.39. The number of sulfonamides is 1. The molecule has 1 saturated heterocycles. The van der Waals surface area contributed by atoms with E-state index in [4.69, 9.17) is 10.5 Å². The maximum absolute atomic E-state index is 13.7. The Kier molecular flexibility index (Phi) is 4.50. The van der Waals surface area contributed by atoms with Crippen molar-refractivity contribution in [2.45, 2.75) is 24.7 Å². The van der Waals surface area contributed by atoms with Crippen LogP contribution in [0.25, 0.3) is 0 Å². The number of hydrogen-bond donors (Lipinski definition) is 2. The predicted octanol–water partition coefficient (Wildman–Crippen LogP) is 1.64. The number of nitrogens with one attached hydrogen (secondary N) is 1. The Morgan fingerprint density at radius 3 is 2.57 bits per heavy atom. The van der Waals surface area contributed by atoms with Gasteiger partial charge in [-0.15, -0.1) is 0 Å². The first-order valence-corrected chi connectivity index (χ1v) is 8.04. The van der Waals surface area contributed by atoms with Gasteiger partial charge in [0, 0.05) is 25.4 Å². The second-order valence-corrected chi connectivity index (χ2v) is 7.30. The van der Waals surface area contributed by atoms with Gasteiger partial charge in [0.15, 0.2) is 11.6 Å². The van der Waals surface area contributed by atoms with Crippen molar-refractivity contribution in [2.24, 2.45) is 5.41 Å². The van der Waals surface area contributed by atoms with Gasteiger partial charge in [0.05, 0.1) is 0 Å². The minimum atomic E-state index is -4.16. The lowest BCUT2D eigenvalue weighted by Gasteiger charge is -2.33. The number of benzene rings is 1. The van der Waals surface area contributed by atoms with Crippen LogP contribution in [-0.2, 0) is 14.8 Å². The van der Waals surface area contributed by atoms with Gasteiger partial charge in [0.2, 0.25) is 10.0 Å². The summed E-state index contributed by atoms with van der Waals surface area (Å²) >= 11 is 0. The van der Waals surface area contributed by atoms with E-state index in [1.54, 1.807) is 0 Å². The lowest BCUT2D eigenvalue weighted by molar-refractivity contribution is 0.0264. The lowest BCUT2D eigenvalue weighted by atomic mass is 9.83. The van der Waals surface area contributed by atoms with Crippen LogP contribution in [0.1, 0.15) is 19.8 Å². The summed E-state index contributed by atoms with van der Waals surface area (Å²) in [5.74, 6) is -2.71. The molecule has 1 aliphatic heterocycles. The number of hydrogen-bond acceptors (Lipinski definition) is 4. The van der Waals surface area contributed by atoms with Crippen molar-refractivity contribution in [3.63, 3.8) is 0 Å². The highest BCUT2D eigenvalue weighted by Crippen LogP contribution is 2.29. The molecular formula is C13H18F2N2O3S. The van der Waals surface area contributed by atoms with Crippen LogP contribution >= 0.6 is 0 Å². The van der Waals surface area contributed by atoms with Gasteiger partial charge in [-0.2, -0.15) is 0 Å². The van der Waals surface area contributed by atoms with Crippen LogP contribution in [0.15, 0.2) is 17.0 Å². The van der Waals surface area contributed by atoms with Crippen molar-refractivity contribution in [1.29, 1.82) is 0 Å². The number of rotatable bonds is 4. The largest absolute Gasteiger partial charge is 0.399 e. The molecule has 8 heteroatoms. The predicted molar refractivity (Wildman–Crippen MR) is 74.1 cm³/mol. The molecule has 0 aromatic heterocycles. The number of nitrogen functional groups attached to an aromatic ring is 1. The van der Waals surface area contributed by atoms with E-state index >= 15 is 0 Å². The molecule has 5 nitrogen and oxygen atoms in total. The molecule has 1 fully saturated rings. The second-order valence-electron chi connectivity index (χ2n) is 5.56. The summed E-state index contributed by atoms with van der Waals surface area (Å²) in [6.07, 6.45) is 1.40. The number of halogens is 2. The molecule has 0 spiro atoms. The van der Waals surface area contributed by atoms with Gasteiger partial charge in [0.1, 0.15) is 4.90 Å². The van der Waals surface area contributed by atoms with E-state index < -0.39 is 26.6 Å². The van der Waals surface area contributed by atoms with Gasteiger partial charge in [-0.05, 0) is 30.4 Å². The SMILES string of the molecule is CC1(CNS(=O)(=O)c2cc(N)cc(F)c2F)CCOCC1. The van der Waals surface area contributed by atoms with E-state index in [1.165, 1.54) is 0 Å². The molecule has 0 radical (unpaired) electrons. The summed E-state index contributed by atoms with van der Waals surface area (Å²) in [7, 11) is -4.16. The van der Waals surface area contributed by atoms with E-state index in [2.05, 4.69) is 4.72 Å². The van der Waals surface area contributed by atoms with Crippen LogP contribution < -0.4 is 10.5 Å². The Bertz CT molecular complexity index is 629. The molecule has 0 amide bonds. The van der Waals surface area contributed by atoms with Gasteiger partial charge in [-0.25, -0.2) is 21.9 Å². The zero-order chi connectivity index (χ0) is 15.7. The smallest absolute Gasteiger partial charge is 0.243 e. The molecule has 118 valence electrons. The summed E-state index contributed by atoms with van der Waals surface area (Å²) < 4.78 is 58.8. The Labute approximate surface area is 122 Å². The van der Waals surface area contributed by atoms with E-state index in [0.29, 0.717) is 26.1 Å². The minimum Gasteiger partial charge on any atom is -0.399 e. The third-order valence-corrected chi connectivity index (χ3v) is 5.10. The maximum Gasteiger partial charge on any atom is 0.243 e. The molecule has 1 aliphatic rings. The van der Waals surface area contributed by atoms with Gasteiger partial charge in [-0.1, -0.05) is 6.92 Å². The van der Waals surface area contributed by atoms with E-state index in [0.717, 1.165) is 12.1 Å². The summed E-state index contributed by atoms with van der Waals surface area (Å²) in [4.78, 5) is -0.768. The van der Waals surface area contributed by atoms with Crippen molar-refractivity contribution in [1.82, 2.24) is 4.72 Å². The summed E-state index contributed by atoms with van der Waals surface area (Å²) in [5.41, 5.74) is 4.96. The molecule has 1 heterocycles. The van der Waals surface area contributed by atoms with Gasteiger partial charge < -0.3 is 10.5 Å². The minimum absolute atomic E-state index is 0.133. The molecule has 0 bridgehead atoms. The molecule has 0 unspecified atom stereocenters. The summed E-state index contributed by atoms with van der Waals surface area (Å²) in [6.45, 7) is 3.17. The zero-order valence-corrected chi connectivity index (χ0v) is 12.5. The van der Waals surface area contributed by atoms with Crippen LogP contribution in [0.4, 0.5) is 14.5 Å². The van der Waals surface area contributed by atoms with Crippen molar-refractivity contribution in [3.05, 3.63) is 23.8 Å². The average molecular weight is 320 g/mol. The van der Waals surface area contributed by atoms with Crippen LogP contribution in [0, 0.1) is 17.0 Å². The Morgan fingerprint density at radius 2 is 1.95 bits per heavy atom. The van der Waals surface area contributed by atoms with Crippen LogP contribution in [0.3, 0.4) is 0 Å². The first-order chi connectivity index (χ1) is 9.73. The Morgan fingerprint density at radius 1 is 1.33 bits per heavy atom. The third-order valence-electron chi connectivity index (χ3n) is 3.70. The van der Waals surface area contributed by atoms with E-state index in [9.17, 15) is 17.2 Å². The first-order valence-electron chi connectivity index (χ1n) is 6.55. The maximum atomic E-state index is 13.7. The number of anilines is 1. The number of nitrogens with two attached hydrogens (primary N) is 1. The average Bonchev–Trinajstić information content (AvgIpc) is 2.42. The summed E-state index contributed by atoms with van der Waals surface area (Å²) in [5, 5.41) is 0. The van der Waals surface area contributed by atoms with Crippen molar-refractivity contribution in [2.75, 3.05) is 25.5 Å². The van der Waals surface area contributed by atoms with Crippen LogP contribution in [0.5, 0.6) is 0 Å². The highest BCUT2D eigenvalue weighted by Gasteiger charge is 2.30. The van der Waals surface area contributed by atoms with Gasteiger partial charge in [-0.3, -0.25) is 0 Å². The van der Waals surface area contributed by atoms with Crippen LogP contribution in [-0.4, -0.2) is 28.2 Å². The Hall–Kier alpha value is -1.25. The van der Waals surface area contributed by atoms with E-state index in [-0.39, 0.29) is 17.6 Å². The molecule has 0 atom stereocenters. The topological polar surface area (TPSA) is 81.4 Å². The normalized spacial score (nSPS) is 18.6. The third kappa shape index (κ3) is 3.69. The number of ether oxygens (including phenoxy) is 1. The van der Waals surface area contributed by atoms with Gasteiger partial charge in [0.25, 0.3) is 0 Å². The fraction of sp³-hybridized carbons (Fsp3) is 0.538. The van der Waals surface area contributed by atoms with Crippen LogP contribution in [0.2, 0.25) is 0 Å². The second kappa shape index (κ2) is 5.86. The molecule has 2 rings (SSSR count). The molecule has 1 aromatic rings. The van der Waals surface area contributed by atoms with Crippen molar-refractivity contribution in [3.8, 4) is 0 Å². The highest BCUT2D eigenvalue weighted by atomic mass is 32.2. The molecule has 21 heavy (non-hydrogen) atoms. The quantitative estimate of drug-likeness (QED) is 0.827. The summed E-state index contributed by atoms with van der Waals surface area (Å²) in [6, 6.07) is 1.65. The molecule has 0 saturated carbocycles. The highest BCUT2D eigenvalue weighted by molar-refractivity contribution is 7.89. The monoisotopic (exact) mass is 320 g/mol. The Balaban J connectivity index is 2.19. The fourth-order valence-electron chi connectivity index (χ4n) is 2.17. The van der Waals surface area contributed by atoms with Crippen molar-refractivity contribution >= 4 is 15.7 Å². The van der Waals surface area contributed by atoms with Gasteiger partial charge >= 0.3 is 0 Å². The molecule has 0 aliphatic carbocycles. The molecule has 3 N–H and O–H groups in total. The van der Waals surface area contributed by atoms with E-state index in [1.807, 2.05) is 6.92 Å². The van der Waals surface area contributed by atoms with Crippen molar-refractivity contribution < 1.29 is 21.9 Å². The zero-order valence-electron chi connectivity index (χ0n) is 11.7. The fourth-order valence-corrected chi connectivity index (χ4v) is 3.49. The standard InChI is InChI=1S/C13H18F2N2O3S/c1-13(2-4-20-5-3-13)8-17-21(18,19)11-7-9(16)6-10(14)12(11)15/h6-7,17H,2-5,8,16H2,1H3. The molecule has 1 aromatic carbocycles.